The van der Waals surface area contributed by atoms with E-state index < -0.39 is 12.2 Å². The van der Waals surface area contributed by atoms with E-state index in [1.54, 1.807) is 18.2 Å². The van der Waals surface area contributed by atoms with E-state index in [9.17, 15) is 20.4 Å². The Balaban J connectivity index is 1.46. The Morgan fingerprint density at radius 3 is 1.94 bits per heavy atom. The van der Waals surface area contributed by atoms with E-state index in [4.69, 9.17) is 14.2 Å². The fraction of sp³-hybridized carbons (Fsp3) is 0.538. The van der Waals surface area contributed by atoms with Gasteiger partial charge in [-0.25, -0.2) is 0 Å². The van der Waals surface area contributed by atoms with Gasteiger partial charge in [-0.1, -0.05) is 6.07 Å². The molecule has 0 amide bonds. The van der Waals surface area contributed by atoms with Crippen molar-refractivity contribution in [2.75, 3.05) is 14.2 Å². The predicted molar refractivity (Wildman–Crippen MR) is 125 cm³/mol. The van der Waals surface area contributed by atoms with Gasteiger partial charge in [0.15, 0.2) is 23.0 Å². The van der Waals surface area contributed by atoms with Crippen molar-refractivity contribution >= 4 is 0 Å². The van der Waals surface area contributed by atoms with E-state index >= 15 is 0 Å². The molecule has 0 spiro atoms. The van der Waals surface area contributed by atoms with Crippen LogP contribution in [0.5, 0.6) is 28.7 Å². The number of hydrogen-bond donors (Lipinski definition) is 4. The molecule has 7 heteroatoms. The SMILES string of the molecule is COc1cc(CCC(O)CC(O)CCc2ccc(O)c(OC3CCCC3)c2)cc(OC)c1O. The Labute approximate surface area is 195 Å². The normalized spacial score (nSPS) is 15.9. The van der Waals surface area contributed by atoms with Crippen molar-refractivity contribution in [3.8, 4) is 28.7 Å². The minimum atomic E-state index is -0.660. The van der Waals surface area contributed by atoms with Gasteiger partial charge in [0.2, 0.25) is 5.75 Å². The quantitative estimate of drug-likeness (QED) is 0.377. The summed E-state index contributed by atoms with van der Waals surface area (Å²) in [5, 5.41) is 40.9. The van der Waals surface area contributed by atoms with Crippen molar-refractivity contribution in [3.05, 3.63) is 41.5 Å². The van der Waals surface area contributed by atoms with Gasteiger partial charge in [-0.15, -0.1) is 0 Å². The van der Waals surface area contributed by atoms with E-state index in [0.717, 1.165) is 36.8 Å². The Hall–Kier alpha value is -2.64. The number of methoxy groups -OCH3 is 2. The molecule has 4 N–H and O–H groups in total. The Kier molecular flexibility index (Phi) is 9.09. The van der Waals surface area contributed by atoms with Crippen LogP contribution in [0.2, 0.25) is 0 Å². The first-order valence-corrected chi connectivity index (χ1v) is 11.7. The highest BCUT2D eigenvalue weighted by molar-refractivity contribution is 5.52. The molecule has 2 aromatic rings. The van der Waals surface area contributed by atoms with Crippen LogP contribution in [0.4, 0.5) is 0 Å². The number of rotatable bonds is 12. The standard InChI is InChI=1S/C26H36O7/c1-31-24-14-18(15-25(32-2)26(24)30)8-11-20(28)16-19(27)10-7-17-9-12-22(29)23(13-17)33-21-5-3-4-6-21/h9,12-15,19-21,27-30H,3-8,10-11,16H2,1-2H3. The lowest BCUT2D eigenvalue weighted by molar-refractivity contribution is 0.0714. The molecule has 1 saturated carbocycles. The van der Waals surface area contributed by atoms with Gasteiger partial charge in [0.25, 0.3) is 0 Å². The van der Waals surface area contributed by atoms with E-state index in [0.29, 0.717) is 42.9 Å². The molecule has 0 aromatic heterocycles. The van der Waals surface area contributed by atoms with E-state index in [2.05, 4.69) is 0 Å². The van der Waals surface area contributed by atoms with Crippen LogP contribution in [0.15, 0.2) is 30.3 Å². The lowest BCUT2D eigenvalue weighted by Crippen LogP contribution is -2.19. The van der Waals surface area contributed by atoms with Crippen LogP contribution < -0.4 is 14.2 Å². The number of aliphatic hydroxyl groups excluding tert-OH is 2. The summed E-state index contributed by atoms with van der Waals surface area (Å²) in [7, 11) is 2.95. The van der Waals surface area contributed by atoms with Crippen molar-refractivity contribution < 1.29 is 34.6 Å². The zero-order chi connectivity index (χ0) is 23.8. The Bertz CT molecular complexity index is 867. The van der Waals surface area contributed by atoms with Gasteiger partial charge in [0.1, 0.15) is 0 Å². The Morgan fingerprint density at radius 1 is 0.818 bits per heavy atom. The third-order valence-corrected chi connectivity index (χ3v) is 6.24. The van der Waals surface area contributed by atoms with Gasteiger partial charge < -0.3 is 34.6 Å². The average Bonchev–Trinajstić information content (AvgIpc) is 3.32. The highest BCUT2D eigenvalue weighted by Gasteiger charge is 2.19. The molecule has 1 aliphatic carbocycles. The minimum Gasteiger partial charge on any atom is -0.504 e. The number of phenols is 2. The van der Waals surface area contributed by atoms with E-state index in [-0.39, 0.29) is 24.0 Å². The van der Waals surface area contributed by atoms with Crippen LogP contribution in [-0.2, 0) is 12.8 Å². The Morgan fingerprint density at radius 2 is 1.36 bits per heavy atom. The van der Waals surface area contributed by atoms with Crippen molar-refractivity contribution in [2.24, 2.45) is 0 Å². The van der Waals surface area contributed by atoms with Crippen LogP contribution >= 0.6 is 0 Å². The lowest BCUT2D eigenvalue weighted by Gasteiger charge is -2.17. The maximum Gasteiger partial charge on any atom is 0.200 e. The molecule has 2 aromatic carbocycles. The molecule has 1 fully saturated rings. The molecule has 182 valence electrons. The largest absolute Gasteiger partial charge is 0.504 e. The van der Waals surface area contributed by atoms with Crippen LogP contribution in [-0.4, -0.2) is 53.0 Å². The van der Waals surface area contributed by atoms with Crippen LogP contribution in [0.3, 0.4) is 0 Å². The summed E-state index contributed by atoms with van der Waals surface area (Å²) in [6.45, 7) is 0. The van der Waals surface area contributed by atoms with Crippen LogP contribution in [0.1, 0.15) is 56.1 Å². The first kappa shape index (κ1) is 25.0. The summed E-state index contributed by atoms with van der Waals surface area (Å²) in [5.74, 6) is 1.25. The summed E-state index contributed by atoms with van der Waals surface area (Å²) in [6, 6.07) is 8.77. The number of benzene rings is 2. The summed E-state index contributed by atoms with van der Waals surface area (Å²) in [6.07, 6.45) is 5.65. The molecule has 0 radical (unpaired) electrons. The molecule has 1 aliphatic rings. The summed E-state index contributed by atoms with van der Waals surface area (Å²) in [5.41, 5.74) is 1.85. The third kappa shape index (κ3) is 7.17. The van der Waals surface area contributed by atoms with Crippen LogP contribution in [0.25, 0.3) is 0 Å². The molecular formula is C26H36O7. The molecule has 0 aliphatic heterocycles. The van der Waals surface area contributed by atoms with Gasteiger partial charge in [0.05, 0.1) is 32.5 Å². The first-order valence-electron chi connectivity index (χ1n) is 11.7. The number of aliphatic hydroxyl groups is 2. The number of aryl methyl sites for hydroxylation is 2. The number of ether oxygens (including phenoxy) is 3. The average molecular weight is 461 g/mol. The first-order chi connectivity index (χ1) is 15.9. The van der Waals surface area contributed by atoms with Crippen molar-refractivity contribution in [1.82, 2.24) is 0 Å². The molecule has 3 rings (SSSR count). The number of hydrogen-bond acceptors (Lipinski definition) is 7. The fourth-order valence-corrected chi connectivity index (χ4v) is 4.30. The summed E-state index contributed by atoms with van der Waals surface area (Å²) in [4.78, 5) is 0. The van der Waals surface area contributed by atoms with Gasteiger partial charge >= 0.3 is 0 Å². The maximum atomic E-state index is 10.4. The highest BCUT2D eigenvalue weighted by atomic mass is 16.5. The zero-order valence-corrected chi connectivity index (χ0v) is 19.5. The molecule has 33 heavy (non-hydrogen) atoms. The van der Waals surface area contributed by atoms with Crippen molar-refractivity contribution in [1.29, 1.82) is 0 Å². The van der Waals surface area contributed by atoms with Crippen molar-refractivity contribution in [3.63, 3.8) is 0 Å². The molecule has 0 heterocycles. The molecule has 0 bridgehead atoms. The van der Waals surface area contributed by atoms with Crippen molar-refractivity contribution in [2.45, 2.75) is 76.1 Å². The second-order valence-corrected chi connectivity index (χ2v) is 8.80. The van der Waals surface area contributed by atoms with E-state index in [1.165, 1.54) is 14.2 Å². The van der Waals surface area contributed by atoms with E-state index in [1.807, 2.05) is 12.1 Å². The number of aromatic hydroxyl groups is 2. The fourth-order valence-electron chi connectivity index (χ4n) is 4.30. The minimum absolute atomic E-state index is 0.0502. The summed E-state index contributed by atoms with van der Waals surface area (Å²) >= 11 is 0. The predicted octanol–water partition coefficient (Wildman–Crippen LogP) is 4.11. The van der Waals surface area contributed by atoms with Crippen LogP contribution in [0, 0.1) is 0 Å². The zero-order valence-electron chi connectivity index (χ0n) is 19.5. The van der Waals surface area contributed by atoms with Gasteiger partial charge in [-0.05, 0) is 93.2 Å². The second kappa shape index (κ2) is 12.0. The summed E-state index contributed by atoms with van der Waals surface area (Å²) < 4.78 is 16.3. The monoisotopic (exact) mass is 460 g/mol. The molecule has 2 unspecified atom stereocenters. The van der Waals surface area contributed by atoms with Gasteiger partial charge in [0, 0.05) is 0 Å². The topological polar surface area (TPSA) is 109 Å². The number of phenolic OH excluding ortho intramolecular Hbond substituents is 2. The highest BCUT2D eigenvalue weighted by Crippen LogP contribution is 2.37. The molecule has 7 nitrogen and oxygen atoms in total. The molecule has 2 atom stereocenters. The smallest absolute Gasteiger partial charge is 0.200 e. The maximum absolute atomic E-state index is 10.4. The van der Waals surface area contributed by atoms with Gasteiger partial charge in [-0.2, -0.15) is 0 Å². The third-order valence-electron chi connectivity index (χ3n) is 6.24. The lowest BCUT2D eigenvalue weighted by atomic mass is 9.98. The van der Waals surface area contributed by atoms with Gasteiger partial charge in [-0.3, -0.25) is 0 Å². The second-order valence-electron chi connectivity index (χ2n) is 8.80. The molecular weight excluding hydrogens is 424 g/mol. The molecule has 0 saturated heterocycles.